The molecule has 26 heavy (non-hydrogen) atoms. The Labute approximate surface area is 153 Å². The summed E-state index contributed by atoms with van der Waals surface area (Å²) in [6, 6.07) is 14.8. The first-order valence-electron chi connectivity index (χ1n) is 7.97. The van der Waals surface area contributed by atoms with Crippen molar-refractivity contribution in [3.8, 4) is 11.5 Å². The number of rotatable bonds is 6. The van der Waals surface area contributed by atoms with Crippen molar-refractivity contribution in [2.75, 3.05) is 14.2 Å². The van der Waals surface area contributed by atoms with Crippen LogP contribution in [0.4, 0.5) is 0 Å². The molecule has 2 aromatic carbocycles. The lowest BCUT2D eigenvalue weighted by molar-refractivity contribution is -0.143. The number of carbonyl (C=O) groups is 2. The van der Waals surface area contributed by atoms with Crippen LogP contribution >= 0.6 is 0 Å². The standard InChI is InChI=1S/2C10H12O3/c2*1-8(11)13-7-9-3-5-10(12-2)6-4-9/h2*3-6H,7H2,1-2H3. The van der Waals surface area contributed by atoms with Crippen LogP contribution in [0.25, 0.3) is 0 Å². The van der Waals surface area contributed by atoms with Gasteiger partial charge in [-0.1, -0.05) is 24.3 Å². The molecule has 2 rings (SSSR count). The minimum atomic E-state index is -0.268. The Kier molecular flexibility index (Phi) is 9.31. The molecule has 0 fully saturated rings. The Hall–Kier alpha value is -3.02. The van der Waals surface area contributed by atoms with Gasteiger partial charge in [-0.3, -0.25) is 9.59 Å². The van der Waals surface area contributed by atoms with Gasteiger partial charge < -0.3 is 18.9 Å². The Morgan fingerprint density at radius 3 is 1.19 bits per heavy atom. The van der Waals surface area contributed by atoms with Gasteiger partial charge in [-0.15, -0.1) is 0 Å². The second-order valence-corrected chi connectivity index (χ2v) is 5.26. The molecule has 0 spiro atoms. The molecule has 140 valence electrons. The number of carbonyl (C=O) groups excluding carboxylic acids is 2. The van der Waals surface area contributed by atoms with Crippen molar-refractivity contribution >= 4 is 11.9 Å². The summed E-state index contributed by atoms with van der Waals surface area (Å²) in [6.45, 7) is 3.42. The van der Waals surface area contributed by atoms with Gasteiger partial charge in [0.15, 0.2) is 0 Å². The van der Waals surface area contributed by atoms with Crippen LogP contribution in [0.3, 0.4) is 0 Å². The Balaban J connectivity index is 0.000000260. The van der Waals surface area contributed by atoms with E-state index in [1.54, 1.807) is 14.2 Å². The maximum absolute atomic E-state index is 10.5. The van der Waals surface area contributed by atoms with E-state index in [1.807, 2.05) is 48.5 Å². The summed E-state index contributed by atoms with van der Waals surface area (Å²) in [5.41, 5.74) is 1.91. The molecule has 0 unspecified atom stereocenters. The molecule has 0 aromatic heterocycles. The van der Waals surface area contributed by atoms with Crippen molar-refractivity contribution in [3.05, 3.63) is 59.7 Å². The Morgan fingerprint density at radius 2 is 0.962 bits per heavy atom. The fourth-order valence-electron chi connectivity index (χ4n) is 1.81. The average molecular weight is 360 g/mol. The summed E-state index contributed by atoms with van der Waals surface area (Å²) in [5.74, 6) is 1.06. The van der Waals surface area contributed by atoms with E-state index in [0.717, 1.165) is 22.6 Å². The van der Waals surface area contributed by atoms with Gasteiger partial charge in [0, 0.05) is 13.8 Å². The van der Waals surface area contributed by atoms with Crippen molar-refractivity contribution in [1.29, 1.82) is 0 Å². The molecule has 0 aliphatic rings. The van der Waals surface area contributed by atoms with Crippen LogP contribution in [0.15, 0.2) is 48.5 Å². The number of ether oxygens (including phenoxy) is 4. The van der Waals surface area contributed by atoms with Gasteiger partial charge >= 0.3 is 11.9 Å². The van der Waals surface area contributed by atoms with E-state index in [2.05, 4.69) is 0 Å². The zero-order chi connectivity index (χ0) is 19.4. The van der Waals surface area contributed by atoms with E-state index in [0.29, 0.717) is 13.2 Å². The molecule has 0 heterocycles. The quantitative estimate of drug-likeness (QED) is 0.734. The van der Waals surface area contributed by atoms with Crippen molar-refractivity contribution < 1.29 is 28.5 Å². The van der Waals surface area contributed by atoms with E-state index in [4.69, 9.17) is 18.9 Å². The molecule has 0 radical (unpaired) electrons. The molecule has 0 bridgehead atoms. The van der Waals surface area contributed by atoms with E-state index in [1.165, 1.54) is 13.8 Å². The van der Waals surface area contributed by atoms with Crippen LogP contribution in [-0.2, 0) is 32.3 Å². The molecular formula is C20H24O6. The van der Waals surface area contributed by atoms with Crippen molar-refractivity contribution in [1.82, 2.24) is 0 Å². The molecular weight excluding hydrogens is 336 g/mol. The fraction of sp³-hybridized carbons (Fsp3) is 0.300. The first-order valence-corrected chi connectivity index (χ1v) is 7.97. The second kappa shape index (κ2) is 11.5. The zero-order valence-corrected chi connectivity index (χ0v) is 15.5. The number of hydrogen-bond donors (Lipinski definition) is 0. The summed E-state index contributed by atoms with van der Waals surface area (Å²) in [6.07, 6.45) is 0. The highest BCUT2D eigenvalue weighted by molar-refractivity contribution is 5.66. The molecule has 0 saturated heterocycles. The largest absolute Gasteiger partial charge is 0.497 e. The average Bonchev–Trinajstić information content (AvgIpc) is 2.66. The maximum Gasteiger partial charge on any atom is 0.302 e. The van der Waals surface area contributed by atoms with Crippen LogP contribution in [-0.4, -0.2) is 26.2 Å². The van der Waals surface area contributed by atoms with Gasteiger partial charge in [0.2, 0.25) is 0 Å². The Bertz CT molecular complexity index is 615. The van der Waals surface area contributed by atoms with E-state index >= 15 is 0 Å². The smallest absolute Gasteiger partial charge is 0.302 e. The van der Waals surface area contributed by atoms with Crippen LogP contribution in [0.1, 0.15) is 25.0 Å². The fourth-order valence-corrected chi connectivity index (χ4v) is 1.81. The molecule has 0 aliphatic carbocycles. The van der Waals surface area contributed by atoms with E-state index in [-0.39, 0.29) is 11.9 Å². The summed E-state index contributed by atoms with van der Waals surface area (Å²) >= 11 is 0. The lowest BCUT2D eigenvalue weighted by Crippen LogP contribution is -1.98. The topological polar surface area (TPSA) is 71.1 Å². The third-order valence-electron chi connectivity index (χ3n) is 3.20. The maximum atomic E-state index is 10.5. The van der Waals surface area contributed by atoms with Gasteiger partial charge in [-0.05, 0) is 35.4 Å². The highest BCUT2D eigenvalue weighted by Crippen LogP contribution is 2.12. The number of hydrogen-bond acceptors (Lipinski definition) is 6. The lowest BCUT2D eigenvalue weighted by Gasteiger charge is -2.03. The molecule has 0 aliphatic heterocycles. The number of methoxy groups -OCH3 is 2. The summed E-state index contributed by atoms with van der Waals surface area (Å²) in [7, 11) is 3.22. The van der Waals surface area contributed by atoms with Crippen molar-refractivity contribution in [3.63, 3.8) is 0 Å². The number of esters is 2. The van der Waals surface area contributed by atoms with Crippen LogP contribution in [0, 0.1) is 0 Å². The van der Waals surface area contributed by atoms with Gasteiger partial charge in [-0.25, -0.2) is 0 Å². The Morgan fingerprint density at radius 1 is 0.654 bits per heavy atom. The molecule has 0 N–H and O–H groups in total. The van der Waals surface area contributed by atoms with Crippen molar-refractivity contribution in [2.24, 2.45) is 0 Å². The highest BCUT2D eigenvalue weighted by Gasteiger charge is 1.97. The minimum absolute atomic E-state index is 0.268. The summed E-state index contributed by atoms with van der Waals surface area (Å²) in [5, 5.41) is 0. The van der Waals surface area contributed by atoms with Crippen LogP contribution in [0.5, 0.6) is 11.5 Å². The highest BCUT2D eigenvalue weighted by atomic mass is 16.5. The SMILES string of the molecule is COc1ccc(COC(C)=O)cc1.COc1ccc(COC(C)=O)cc1. The van der Waals surface area contributed by atoms with Gasteiger partial charge in [0.25, 0.3) is 0 Å². The monoisotopic (exact) mass is 360 g/mol. The molecule has 2 aromatic rings. The third kappa shape index (κ3) is 8.73. The normalized spacial score (nSPS) is 9.38. The predicted molar refractivity (Wildman–Crippen MR) is 96.9 cm³/mol. The van der Waals surface area contributed by atoms with Gasteiger partial charge in [0.05, 0.1) is 14.2 Å². The van der Waals surface area contributed by atoms with E-state index in [9.17, 15) is 9.59 Å². The van der Waals surface area contributed by atoms with Gasteiger partial charge in [-0.2, -0.15) is 0 Å². The molecule has 0 amide bonds. The molecule has 6 nitrogen and oxygen atoms in total. The lowest BCUT2D eigenvalue weighted by atomic mass is 10.2. The number of benzene rings is 2. The zero-order valence-electron chi connectivity index (χ0n) is 15.5. The summed E-state index contributed by atoms with van der Waals surface area (Å²) < 4.78 is 19.6. The summed E-state index contributed by atoms with van der Waals surface area (Å²) in [4.78, 5) is 21.0. The van der Waals surface area contributed by atoms with Gasteiger partial charge in [0.1, 0.15) is 24.7 Å². The third-order valence-corrected chi connectivity index (χ3v) is 3.20. The van der Waals surface area contributed by atoms with E-state index < -0.39 is 0 Å². The predicted octanol–water partition coefficient (Wildman–Crippen LogP) is 3.52. The first kappa shape index (κ1) is 21.0. The van der Waals surface area contributed by atoms with Crippen LogP contribution in [0.2, 0.25) is 0 Å². The molecule has 0 saturated carbocycles. The minimum Gasteiger partial charge on any atom is -0.497 e. The molecule has 0 atom stereocenters. The van der Waals surface area contributed by atoms with Crippen LogP contribution < -0.4 is 9.47 Å². The second-order valence-electron chi connectivity index (χ2n) is 5.26. The molecule has 6 heteroatoms. The van der Waals surface area contributed by atoms with Crippen molar-refractivity contribution in [2.45, 2.75) is 27.1 Å². The first-order chi connectivity index (χ1) is 12.4.